The zero-order valence-corrected chi connectivity index (χ0v) is 12.2. The quantitative estimate of drug-likeness (QED) is 0.784. The van der Waals surface area contributed by atoms with Crippen molar-refractivity contribution in [1.29, 1.82) is 0 Å². The summed E-state index contributed by atoms with van der Waals surface area (Å²) in [7, 11) is 1.48. The fraction of sp³-hybridized carbons (Fsp3) is 0.389. The van der Waals surface area contributed by atoms with Gasteiger partial charge in [0, 0.05) is 11.8 Å². The number of esters is 1. The Morgan fingerprint density at radius 3 is 2.50 bits per heavy atom. The molecule has 1 fully saturated rings. The van der Waals surface area contributed by atoms with Crippen molar-refractivity contribution in [2.45, 2.75) is 19.3 Å². The van der Waals surface area contributed by atoms with Crippen molar-refractivity contribution in [3.63, 3.8) is 0 Å². The Morgan fingerprint density at radius 2 is 1.90 bits per heavy atom. The van der Waals surface area contributed by atoms with Gasteiger partial charge in [-0.25, -0.2) is 0 Å². The molecule has 20 heavy (non-hydrogen) atoms. The first-order chi connectivity index (χ1) is 9.62. The second-order valence-electron chi connectivity index (χ2n) is 5.96. The molecule has 0 heterocycles. The van der Waals surface area contributed by atoms with Crippen LogP contribution in [0.1, 0.15) is 19.4 Å². The molecule has 2 heteroatoms. The highest BCUT2D eigenvalue weighted by atomic mass is 16.5. The van der Waals surface area contributed by atoms with Crippen molar-refractivity contribution >= 4 is 5.97 Å². The number of carbonyl (C=O) groups excluding carboxylic acids is 1. The van der Waals surface area contributed by atoms with Gasteiger partial charge in [-0.05, 0) is 17.1 Å². The number of allylic oxidation sites excluding steroid dienone is 4. The van der Waals surface area contributed by atoms with Gasteiger partial charge in [-0.3, -0.25) is 4.79 Å². The van der Waals surface area contributed by atoms with Crippen LogP contribution in [0.2, 0.25) is 0 Å². The first-order valence-electron chi connectivity index (χ1n) is 7.16. The van der Waals surface area contributed by atoms with Crippen LogP contribution in [0, 0.1) is 17.8 Å². The van der Waals surface area contributed by atoms with Crippen LogP contribution in [-0.2, 0) is 14.9 Å². The van der Waals surface area contributed by atoms with Crippen molar-refractivity contribution < 1.29 is 9.53 Å². The third kappa shape index (κ3) is 1.67. The van der Waals surface area contributed by atoms with Crippen LogP contribution in [-0.4, -0.2) is 13.1 Å². The maximum absolute atomic E-state index is 12.5. The van der Waals surface area contributed by atoms with Crippen molar-refractivity contribution in [3.8, 4) is 0 Å². The largest absolute Gasteiger partial charge is 0.468 e. The van der Waals surface area contributed by atoms with Gasteiger partial charge < -0.3 is 4.74 Å². The summed E-state index contributed by atoms with van der Waals surface area (Å²) < 4.78 is 5.12. The molecule has 2 nitrogen and oxygen atoms in total. The van der Waals surface area contributed by atoms with E-state index >= 15 is 0 Å². The molecule has 0 N–H and O–H groups in total. The monoisotopic (exact) mass is 268 g/mol. The third-order valence-electron chi connectivity index (χ3n) is 4.64. The molecular weight excluding hydrogens is 248 g/mol. The Kier molecular flexibility index (Phi) is 3.04. The molecule has 0 aromatic heterocycles. The van der Waals surface area contributed by atoms with Gasteiger partial charge in [0.25, 0.3) is 0 Å². The highest BCUT2D eigenvalue weighted by Gasteiger charge is 2.69. The summed E-state index contributed by atoms with van der Waals surface area (Å²) in [6.45, 7) is 4.36. The van der Waals surface area contributed by atoms with Crippen LogP contribution in [0.15, 0.2) is 54.1 Å². The van der Waals surface area contributed by atoms with Crippen LogP contribution >= 0.6 is 0 Å². The van der Waals surface area contributed by atoms with Gasteiger partial charge in [-0.15, -0.1) is 0 Å². The third-order valence-corrected chi connectivity index (χ3v) is 4.64. The van der Waals surface area contributed by atoms with E-state index in [1.165, 1.54) is 12.7 Å². The maximum Gasteiger partial charge on any atom is 0.317 e. The SMILES string of the molecule is COC(=O)C1(c2ccccc2)C2C=CC(C(C)C)=CC21. The average Bonchev–Trinajstić information content (AvgIpc) is 3.16. The van der Waals surface area contributed by atoms with Crippen LogP contribution in [0.25, 0.3) is 0 Å². The lowest BCUT2D eigenvalue weighted by Crippen LogP contribution is -2.25. The van der Waals surface area contributed by atoms with Gasteiger partial charge in [-0.1, -0.05) is 62.4 Å². The molecule has 104 valence electrons. The molecule has 1 saturated carbocycles. The number of fused-ring (bicyclic) bond motifs is 1. The van der Waals surface area contributed by atoms with Gasteiger partial charge >= 0.3 is 5.97 Å². The number of methoxy groups -OCH3 is 1. The zero-order valence-electron chi connectivity index (χ0n) is 12.2. The lowest BCUT2D eigenvalue weighted by molar-refractivity contribution is -0.144. The van der Waals surface area contributed by atoms with Crippen LogP contribution in [0.3, 0.4) is 0 Å². The lowest BCUT2D eigenvalue weighted by Gasteiger charge is -2.15. The first-order valence-corrected chi connectivity index (χ1v) is 7.16. The van der Waals surface area contributed by atoms with Gasteiger partial charge in [0.05, 0.1) is 7.11 Å². The summed E-state index contributed by atoms with van der Waals surface area (Å²) in [5.74, 6) is 0.836. The zero-order chi connectivity index (χ0) is 14.3. The Morgan fingerprint density at radius 1 is 1.20 bits per heavy atom. The molecule has 0 amide bonds. The second-order valence-corrected chi connectivity index (χ2v) is 5.96. The molecule has 3 unspecified atom stereocenters. The Labute approximate surface area is 120 Å². The number of hydrogen-bond acceptors (Lipinski definition) is 2. The molecule has 2 aliphatic rings. The second kappa shape index (κ2) is 4.62. The Hall–Kier alpha value is -1.83. The average molecular weight is 268 g/mol. The fourth-order valence-electron chi connectivity index (χ4n) is 3.47. The molecule has 1 aromatic rings. The predicted molar refractivity (Wildman–Crippen MR) is 79.2 cm³/mol. The van der Waals surface area contributed by atoms with E-state index in [-0.39, 0.29) is 17.8 Å². The molecule has 0 bridgehead atoms. The van der Waals surface area contributed by atoms with Crippen molar-refractivity contribution in [2.24, 2.45) is 17.8 Å². The van der Waals surface area contributed by atoms with Gasteiger partial charge in [-0.2, -0.15) is 0 Å². The van der Waals surface area contributed by atoms with Crippen molar-refractivity contribution in [3.05, 3.63) is 59.7 Å². The summed E-state index contributed by atoms with van der Waals surface area (Å²) >= 11 is 0. The minimum absolute atomic E-state index is 0.121. The van der Waals surface area contributed by atoms with Crippen LogP contribution in [0.4, 0.5) is 0 Å². The number of carbonyl (C=O) groups is 1. The van der Waals surface area contributed by atoms with Gasteiger partial charge in [0.15, 0.2) is 0 Å². The molecular formula is C18H20O2. The highest BCUT2D eigenvalue weighted by Crippen LogP contribution is 2.64. The van der Waals surface area contributed by atoms with E-state index in [2.05, 4.69) is 32.1 Å². The van der Waals surface area contributed by atoms with E-state index < -0.39 is 5.41 Å². The van der Waals surface area contributed by atoms with Crippen LogP contribution in [0.5, 0.6) is 0 Å². The minimum Gasteiger partial charge on any atom is -0.468 e. The molecule has 3 rings (SSSR count). The van der Waals surface area contributed by atoms with E-state index in [4.69, 9.17) is 4.74 Å². The van der Waals surface area contributed by atoms with E-state index in [1.807, 2.05) is 30.3 Å². The van der Waals surface area contributed by atoms with Gasteiger partial charge in [0.1, 0.15) is 5.41 Å². The molecule has 0 spiro atoms. The smallest absolute Gasteiger partial charge is 0.317 e. The number of benzene rings is 1. The van der Waals surface area contributed by atoms with E-state index in [9.17, 15) is 4.79 Å². The van der Waals surface area contributed by atoms with E-state index in [1.54, 1.807) is 0 Å². The topological polar surface area (TPSA) is 26.3 Å². The number of hydrogen-bond donors (Lipinski definition) is 0. The Bertz CT molecular complexity index is 583. The Balaban J connectivity index is 2.05. The lowest BCUT2D eigenvalue weighted by atomic mass is 9.91. The van der Waals surface area contributed by atoms with Crippen molar-refractivity contribution in [2.75, 3.05) is 7.11 Å². The molecule has 3 atom stereocenters. The summed E-state index contributed by atoms with van der Waals surface area (Å²) in [5.41, 5.74) is 1.86. The van der Waals surface area contributed by atoms with Gasteiger partial charge in [0.2, 0.25) is 0 Å². The van der Waals surface area contributed by atoms with Crippen LogP contribution < -0.4 is 0 Å². The normalized spacial score (nSPS) is 30.7. The first kappa shape index (κ1) is 13.2. The number of rotatable bonds is 3. The predicted octanol–water partition coefficient (Wildman–Crippen LogP) is 3.50. The van der Waals surface area contributed by atoms with E-state index in [0.717, 1.165) is 5.56 Å². The molecule has 1 aromatic carbocycles. The molecule has 0 radical (unpaired) electrons. The maximum atomic E-state index is 12.5. The summed E-state index contributed by atoms with van der Waals surface area (Å²) in [6, 6.07) is 10.0. The number of ether oxygens (including phenoxy) is 1. The summed E-state index contributed by atoms with van der Waals surface area (Å²) in [5, 5.41) is 0. The fourth-order valence-corrected chi connectivity index (χ4v) is 3.47. The summed E-state index contributed by atoms with van der Waals surface area (Å²) in [6.07, 6.45) is 6.61. The summed E-state index contributed by atoms with van der Waals surface area (Å²) in [4.78, 5) is 12.5. The van der Waals surface area contributed by atoms with Crippen molar-refractivity contribution in [1.82, 2.24) is 0 Å². The standard InChI is InChI=1S/C18H20O2/c1-12(2)13-9-10-15-16(11-13)18(15,17(19)20-3)14-7-5-4-6-8-14/h4-12,15-16H,1-3H3. The molecule has 0 saturated heterocycles. The molecule has 2 aliphatic carbocycles. The van der Waals surface area contributed by atoms with E-state index in [0.29, 0.717) is 5.92 Å². The highest BCUT2D eigenvalue weighted by molar-refractivity contribution is 5.90. The molecule has 0 aliphatic heterocycles. The minimum atomic E-state index is -0.511.